The number of fused-ring (bicyclic) bond motifs is 1. The number of rotatable bonds is 10. The lowest BCUT2D eigenvalue weighted by atomic mass is 9.95. The number of carbonyl (C=O) groups excluding carboxylic acids is 1. The Hall–Kier alpha value is -3.95. The SMILES string of the molecule is CC1=C(C(=O)OCc2ccccc2)C(c2ccc(OCc3c(Cl)cccc3Cl)cc2)n2nc(SCc3ccccc3Cl)nc2N1. The molecule has 1 aromatic heterocycles. The largest absolute Gasteiger partial charge is 0.489 e. The number of aromatic nitrogens is 3. The first-order valence-electron chi connectivity index (χ1n) is 14.0. The van der Waals surface area contributed by atoms with Crippen molar-refractivity contribution in [3.05, 3.63) is 146 Å². The summed E-state index contributed by atoms with van der Waals surface area (Å²) in [5.41, 5.74) is 4.45. The minimum absolute atomic E-state index is 0.143. The van der Waals surface area contributed by atoms with Crippen molar-refractivity contribution in [2.75, 3.05) is 5.32 Å². The van der Waals surface area contributed by atoms with E-state index in [-0.39, 0.29) is 13.2 Å². The summed E-state index contributed by atoms with van der Waals surface area (Å²) >= 11 is 20.5. The van der Waals surface area contributed by atoms with Gasteiger partial charge in [0.25, 0.3) is 0 Å². The van der Waals surface area contributed by atoms with Crippen molar-refractivity contribution in [2.24, 2.45) is 0 Å². The molecule has 45 heavy (non-hydrogen) atoms. The number of esters is 1. The van der Waals surface area contributed by atoms with Crippen LogP contribution in [0.25, 0.3) is 0 Å². The number of halogens is 3. The minimum Gasteiger partial charge on any atom is -0.489 e. The van der Waals surface area contributed by atoms with Crippen LogP contribution in [0.4, 0.5) is 5.95 Å². The van der Waals surface area contributed by atoms with Gasteiger partial charge in [-0.1, -0.05) is 113 Å². The highest BCUT2D eigenvalue weighted by Gasteiger charge is 2.35. The second-order valence-corrected chi connectivity index (χ2v) is 12.4. The summed E-state index contributed by atoms with van der Waals surface area (Å²) in [6, 6.07) is 29.5. The van der Waals surface area contributed by atoms with Crippen LogP contribution >= 0.6 is 46.6 Å². The molecule has 6 rings (SSSR count). The zero-order chi connectivity index (χ0) is 31.3. The summed E-state index contributed by atoms with van der Waals surface area (Å²) in [7, 11) is 0. The highest BCUT2D eigenvalue weighted by molar-refractivity contribution is 7.98. The number of hydrogen-bond acceptors (Lipinski definition) is 7. The first kappa shape index (κ1) is 31.0. The molecule has 1 aliphatic rings. The van der Waals surface area contributed by atoms with Crippen molar-refractivity contribution in [1.29, 1.82) is 0 Å². The summed E-state index contributed by atoms with van der Waals surface area (Å²) in [4.78, 5) is 18.4. The number of anilines is 1. The summed E-state index contributed by atoms with van der Waals surface area (Å²) in [6.45, 7) is 2.19. The quantitative estimate of drug-likeness (QED) is 0.117. The number of benzene rings is 4. The summed E-state index contributed by atoms with van der Waals surface area (Å²) < 4.78 is 13.5. The molecule has 0 fully saturated rings. The lowest BCUT2D eigenvalue weighted by molar-refractivity contribution is -0.140. The minimum atomic E-state index is -0.598. The molecule has 1 aliphatic heterocycles. The molecule has 0 radical (unpaired) electrons. The van der Waals surface area contributed by atoms with Gasteiger partial charge in [-0.05, 0) is 53.9 Å². The second kappa shape index (κ2) is 14.0. The Bertz CT molecular complexity index is 1840. The normalized spacial score (nSPS) is 14.1. The van der Waals surface area contributed by atoms with E-state index in [9.17, 15) is 4.79 Å². The van der Waals surface area contributed by atoms with Gasteiger partial charge in [0.2, 0.25) is 11.1 Å². The number of nitrogens with one attached hydrogen (secondary N) is 1. The van der Waals surface area contributed by atoms with Crippen molar-refractivity contribution in [1.82, 2.24) is 14.8 Å². The van der Waals surface area contributed by atoms with E-state index < -0.39 is 12.0 Å². The van der Waals surface area contributed by atoms with E-state index >= 15 is 0 Å². The molecule has 1 atom stereocenters. The lowest BCUT2D eigenvalue weighted by Crippen LogP contribution is -2.29. The van der Waals surface area contributed by atoms with Crippen LogP contribution in [0.1, 0.15) is 35.2 Å². The Kier molecular flexibility index (Phi) is 9.66. The first-order valence-corrected chi connectivity index (χ1v) is 16.2. The molecule has 2 heterocycles. The van der Waals surface area contributed by atoms with Crippen molar-refractivity contribution < 1.29 is 14.3 Å². The number of hydrogen-bond donors (Lipinski definition) is 1. The molecule has 0 bridgehead atoms. The summed E-state index contributed by atoms with van der Waals surface area (Å²) in [5, 5.41) is 10.4. The molecule has 11 heteroatoms. The highest BCUT2D eigenvalue weighted by Crippen LogP contribution is 2.38. The number of thioether (sulfide) groups is 1. The van der Waals surface area contributed by atoms with Crippen LogP contribution in [0, 0.1) is 0 Å². The molecule has 228 valence electrons. The monoisotopic (exact) mass is 676 g/mol. The summed E-state index contributed by atoms with van der Waals surface area (Å²) in [6.07, 6.45) is 0. The number of carbonyl (C=O) groups is 1. The number of nitrogens with zero attached hydrogens (tertiary/aromatic N) is 3. The Morgan fingerprint density at radius 3 is 2.29 bits per heavy atom. The Morgan fingerprint density at radius 2 is 1.56 bits per heavy atom. The number of allylic oxidation sites excluding steroid dienone is 1. The van der Waals surface area contributed by atoms with Crippen molar-refractivity contribution in [3.8, 4) is 5.75 Å². The zero-order valence-corrected chi connectivity index (χ0v) is 27.1. The van der Waals surface area contributed by atoms with E-state index in [4.69, 9.17) is 54.4 Å². The Balaban J connectivity index is 1.28. The van der Waals surface area contributed by atoms with Gasteiger partial charge >= 0.3 is 5.97 Å². The average molecular weight is 678 g/mol. The van der Waals surface area contributed by atoms with Gasteiger partial charge in [-0.25, -0.2) is 9.48 Å². The van der Waals surface area contributed by atoms with E-state index in [2.05, 4.69) is 5.32 Å². The lowest BCUT2D eigenvalue weighted by Gasteiger charge is -2.28. The van der Waals surface area contributed by atoms with Crippen LogP contribution in [-0.2, 0) is 28.5 Å². The van der Waals surface area contributed by atoms with E-state index in [0.717, 1.165) is 16.7 Å². The van der Waals surface area contributed by atoms with Crippen molar-refractivity contribution in [3.63, 3.8) is 0 Å². The molecule has 1 N–H and O–H groups in total. The Labute approximate surface area is 280 Å². The topological polar surface area (TPSA) is 78.3 Å². The van der Waals surface area contributed by atoms with Crippen LogP contribution in [0.15, 0.2) is 113 Å². The van der Waals surface area contributed by atoms with Gasteiger partial charge < -0.3 is 14.8 Å². The molecule has 0 aliphatic carbocycles. The molecule has 5 aromatic rings. The average Bonchev–Trinajstić information content (AvgIpc) is 3.45. The van der Waals surface area contributed by atoms with E-state index in [1.54, 1.807) is 22.9 Å². The van der Waals surface area contributed by atoms with Gasteiger partial charge in [-0.2, -0.15) is 4.98 Å². The zero-order valence-electron chi connectivity index (χ0n) is 24.0. The fraction of sp³-hybridized carbons (Fsp3) is 0.147. The smallest absolute Gasteiger partial charge is 0.338 e. The third-order valence-corrected chi connectivity index (χ3v) is 9.18. The van der Waals surface area contributed by atoms with E-state index in [1.165, 1.54) is 11.8 Å². The van der Waals surface area contributed by atoms with Crippen LogP contribution in [-0.4, -0.2) is 20.7 Å². The molecule has 7 nitrogen and oxygen atoms in total. The van der Waals surface area contributed by atoms with Gasteiger partial charge in [0.1, 0.15) is 25.0 Å². The number of ether oxygens (including phenoxy) is 2. The third kappa shape index (κ3) is 7.15. The van der Waals surface area contributed by atoms with Crippen molar-refractivity contribution in [2.45, 2.75) is 37.1 Å². The van der Waals surface area contributed by atoms with Gasteiger partial charge in [-0.3, -0.25) is 0 Å². The first-order chi connectivity index (χ1) is 21.9. The second-order valence-electron chi connectivity index (χ2n) is 10.2. The maximum atomic E-state index is 13.7. The predicted molar refractivity (Wildman–Crippen MR) is 179 cm³/mol. The van der Waals surface area contributed by atoms with Crippen LogP contribution in [0.2, 0.25) is 15.1 Å². The molecular weight excluding hydrogens is 651 g/mol. The molecular formula is C34H27Cl3N4O3S. The standard InChI is InChI=1S/C34H27Cl3N4O3S/c1-21-30(32(42)44-18-22-8-3-2-4-9-22)31(23-14-16-25(17-15-23)43-19-26-28(36)12-7-13-29(26)37)41-33(38-21)39-34(40-41)45-20-24-10-5-6-11-27(24)35/h2-17,31H,18-20H2,1H3,(H,38,39,40). The molecule has 1 unspecified atom stereocenters. The van der Waals surface area contributed by atoms with Crippen molar-refractivity contribution >= 4 is 58.5 Å². The Morgan fingerprint density at radius 1 is 0.867 bits per heavy atom. The van der Waals surface area contributed by atoms with E-state index in [1.807, 2.05) is 85.8 Å². The molecule has 0 spiro atoms. The molecule has 0 amide bonds. The fourth-order valence-electron chi connectivity index (χ4n) is 4.90. The van der Waals surface area contributed by atoms with Crippen LogP contribution in [0.5, 0.6) is 5.75 Å². The van der Waals surface area contributed by atoms with E-state index in [0.29, 0.717) is 54.5 Å². The van der Waals surface area contributed by atoms with Gasteiger partial charge in [-0.15, -0.1) is 5.10 Å². The van der Waals surface area contributed by atoms with Crippen LogP contribution < -0.4 is 10.1 Å². The van der Waals surface area contributed by atoms with Gasteiger partial charge in [0.15, 0.2) is 0 Å². The molecule has 4 aromatic carbocycles. The fourth-order valence-corrected chi connectivity index (χ4v) is 6.52. The summed E-state index contributed by atoms with van der Waals surface area (Å²) in [5.74, 6) is 1.28. The molecule has 0 saturated carbocycles. The maximum absolute atomic E-state index is 13.7. The third-order valence-electron chi connectivity index (χ3n) is 7.22. The van der Waals surface area contributed by atoms with Gasteiger partial charge in [0.05, 0.1) is 5.57 Å². The predicted octanol–water partition coefficient (Wildman–Crippen LogP) is 9.14. The molecule has 0 saturated heterocycles. The highest BCUT2D eigenvalue weighted by atomic mass is 35.5. The maximum Gasteiger partial charge on any atom is 0.338 e. The van der Waals surface area contributed by atoms with Gasteiger partial charge in [0, 0.05) is 32.1 Å². The van der Waals surface area contributed by atoms with Crippen LogP contribution in [0.3, 0.4) is 0 Å².